The van der Waals surface area contributed by atoms with E-state index in [1.807, 2.05) is 11.0 Å². The molecule has 4 heterocycles. The van der Waals surface area contributed by atoms with Crippen molar-refractivity contribution in [3.8, 4) is 0 Å². The van der Waals surface area contributed by atoms with Crippen LogP contribution in [0.5, 0.6) is 0 Å². The first-order valence-corrected chi connectivity index (χ1v) is 13.7. The third-order valence-corrected chi connectivity index (χ3v) is 8.35. The van der Waals surface area contributed by atoms with Gasteiger partial charge in [0.1, 0.15) is 11.9 Å². The first kappa shape index (κ1) is 26.0. The van der Waals surface area contributed by atoms with Crippen molar-refractivity contribution in [3.05, 3.63) is 65.0 Å². The van der Waals surface area contributed by atoms with Gasteiger partial charge in [0.25, 0.3) is 11.8 Å². The molecule has 0 bridgehead atoms. The molecule has 3 saturated heterocycles. The van der Waals surface area contributed by atoms with E-state index in [1.54, 1.807) is 29.2 Å². The monoisotopic (exact) mass is 547 g/mol. The number of halogens is 1. The van der Waals surface area contributed by atoms with Crippen molar-refractivity contribution in [2.24, 2.45) is 5.92 Å². The maximum Gasteiger partial charge on any atom is 0.320 e. The van der Waals surface area contributed by atoms with E-state index >= 15 is 0 Å². The fourth-order valence-corrected chi connectivity index (χ4v) is 6.10. The summed E-state index contributed by atoms with van der Waals surface area (Å²) in [5.41, 5.74) is 2.29. The Bertz CT molecular complexity index is 1390. The van der Waals surface area contributed by atoms with Gasteiger partial charge < -0.3 is 14.7 Å². The highest BCUT2D eigenvalue weighted by atomic mass is 19.1. The minimum Gasteiger partial charge on any atom is -0.371 e. The molecule has 11 heteroatoms. The van der Waals surface area contributed by atoms with Crippen LogP contribution in [-0.4, -0.2) is 83.1 Å². The van der Waals surface area contributed by atoms with E-state index in [0.29, 0.717) is 32.1 Å². The number of imide groups is 2. The molecule has 1 N–H and O–H groups in total. The lowest BCUT2D eigenvalue weighted by atomic mass is 9.95. The number of nitrogens with zero attached hydrogens (tertiary/aromatic N) is 4. The average molecular weight is 548 g/mol. The Morgan fingerprint density at radius 3 is 2.23 bits per heavy atom. The molecule has 0 spiro atoms. The van der Waals surface area contributed by atoms with Crippen LogP contribution >= 0.6 is 0 Å². The Labute approximate surface area is 230 Å². The highest BCUT2D eigenvalue weighted by molar-refractivity contribution is 6.23. The molecule has 40 heavy (non-hydrogen) atoms. The van der Waals surface area contributed by atoms with Crippen LogP contribution in [0.2, 0.25) is 0 Å². The van der Waals surface area contributed by atoms with Gasteiger partial charge in [0.05, 0.1) is 11.1 Å². The molecule has 4 aliphatic heterocycles. The number of benzene rings is 2. The fraction of sp³-hybridized carbons (Fsp3) is 0.414. The lowest BCUT2D eigenvalue weighted by Gasteiger charge is -2.35. The molecular formula is C29H30FN5O5. The van der Waals surface area contributed by atoms with Gasteiger partial charge in [-0.3, -0.25) is 29.4 Å². The van der Waals surface area contributed by atoms with Crippen LogP contribution in [0.1, 0.15) is 52.0 Å². The number of anilines is 1. The van der Waals surface area contributed by atoms with Gasteiger partial charge in [-0.2, -0.15) is 0 Å². The largest absolute Gasteiger partial charge is 0.371 e. The van der Waals surface area contributed by atoms with Crippen LogP contribution in [-0.2, 0) is 16.1 Å². The summed E-state index contributed by atoms with van der Waals surface area (Å²) in [4.78, 5) is 69.7. The number of rotatable bonds is 6. The van der Waals surface area contributed by atoms with E-state index in [-0.39, 0.29) is 35.8 Å². The minimum absolute atomic E-state index is 0.00845. The number of piperidine rings is 2. The van der Waals surface area contributed by atoms with Gasteiger partial charge in [-0.25, -0.2) is 9.18 Å². The molecule has 6 rings (SSSR count). The first-order valence-electron chi connectivity index (χ1n) is 13.7. The maximum atomic E-state index is 13.2. The third-order valence-electron chi connectivity index (χ3n) is 8.35. The predicted molar refractivity (Wildman–Crippen MR) is 142 cm³/mol. The number of fused-ring (bicyclic) bond motifs is 1. The van der Waals surface area contributed by atoms with Crippen molar-refractivity contribution in [1.29, 1.82) is 0 Å². The molecule has 3 fully saturated rings. The van der Waals surface area contributed by atoms with Crippen LogP contribution in [0.15, 0.2) is 42.5 Å². The number of nitrogens with one attached hydrogen (secondary N) is 1. The molecule has 10 nitrogen and oxygen atoms in total. The number of amides is 6. The summed E-state index contributed by atoms with van der Waals surface area (Å²) in [5, 5.41) is 2.21. The third kappa shape index (κ3) is 4.80. The Morgan fingerprint density at radius 1 is 0.800 bits per heavy atom. The predicted octanol–water partition coefficient (Wildman–Crippen LogP) is 2.38. The highest BCUT2D eigenvalue weighted by Gasteiger charge is 2.45. The van der Waals surface area contributed by atoms with E-state index in [9.17, 15) is 28.4 Å². The van der Waals surface area contributed by atoms with E-state index in [2.05, 4.69) is 10.2 Å². The lowest BCUT2D eigenvalue weighted by Crippen LogP contribution is -2.54. The van der Waals surface area contributed by atoms with E-state index < -0.39 is 29.7 Å². The Morgan fingerprint density at radius 2 is 1.50 bits per heavy atom. The molecule has 0 saturated carbocycles. The molecule has 6 amide bonds. The summed E-state index contributed by atoms with van der Waals surface area (Å²) in [6.07, 6.45) is 1.97. The van der Waals surface area contributed by atoms with Gasteiger partial charge >= 0.3 is 6.03 Å². The number of carbonyl (C=O) groups is 5. The van der Waals surface area contributed by atoms with Crippen molar-refractivity contribution < 1.29 is 28.4 Å². The summed E-state index contributed by atoms with van der Waals surface area (Å²) in [5.74, 6) is -1.99. The van der Waals surface area contributed by atoms with E-state index in [1.165, 1.54) is 12.1 Å². The molecule has 1 unspecified atom stereocenters. The first-order chi connectivity index (χ1) is 19.3. The van der Waals surface area contributed by atoms with Crippen molar-refractivity contribution in [3.63, 3.8) is 0 Å². The zero-order valence-electron chi connectivity index (χ0n) is 22.0. The van der Waals surface area contributed by atoms with Crippen molar-refractivity contribution in [2.45, 2.75) is 38.3 Å². The fourth-order valence-electron chi connectivity index (χ4n) is 6.10. The summed E-state index contributed by atoms with van der Waals surface area (Å²) >= 11 is 0. The van der Waals surface area contributed by atoms with Crippen LogP contribution in [0.25, 0.3) is 0 Å². The van der Waals surface area contributed by atoms with Gasteiger partial charge in [0.2, 0.25) is 11.8 Å². The van der Waals surface area contributed by atoms with Crippen LogP contribution in [0.3, 0.4) is 0 Å². The molecule has 4 aliphatic rings. The standard InChI is InChI=1S/C29H30FN5O5/c30-20-3-1-18(2-4-20)16-33-13-14-34(29(33)40)17-19-9-11-32(12-10-19)21-5-6-22-23(15-21)28(39)35(27(22)38)24-7-8-25(36)31-26(24)37/h1-6,15,19,24H,7-14,16-17H2,(H,31,36,37). The lowest BCUT2D eigenvalue weighted by molar-refractivity contribution is -0.136. The van der Waals surface area contributed by atoms with E-state index in [4.69, 9.17) is 0 Å². The van der Waals surface area contributed by atoms with Crippen LogP contribution in [0.4, 0.5) is 14.9 Å². The zero-order chi connectivity index (χ0) is 28.0. The summed E-state index contributed by atoms with van der Waals surface area (Å²) in [6.45, 7) is 3.98. The Kier molecular flexibility index (Phi) is 6.73. The number of carbonyl (C=O) groups excluding carboxylic acids is 5. The number of hydrogen-bond acceptors (Lipinski definition) is 6. The summed E-state index contributed by atoms with van der Waals surface area (Å²) in [6, 6.07) is 10.4. The topological polar surface area (TPSA) is 110 Å². The average Bonchev–Trinajstić information content (AvgIpc) is 3.41. The smallest absolute Gasteiger partial charge is 0.320 e. The molecule has 2 aromatic rings. The van der Waals surface area contributed by atoms with Gasteiger partial charge in [-0.15, -0.1) is 0 Å². The minimum atomic E-state index is -0.982. The van der Waals surface area contributed by atoms with Crippen molar-refractivity contribution in [2.75, 3.05) is 37.6 Å². The number of hydrogen-bond donors (Lipinski definition) is 1. The van der Waals surface area contributed by atoms with Gasteiger partial charge in [-0.05, 0) is 61.1 Å². The van der Waals surface area contributed by atoms with Crippen LogP contribution < -0.4 is 10.2 Å². The maximum absolute atomic E-state index is 13.2. The van der Waals surface area contributed by atoms with Crippen molar-refractivity contribution in [1.82, 2.24) is 20.0 Å². The number of urea groups is 1. The summed E-state index contributed by atoms with van der Waals surface area (Å²) in [7, 11) is 0. The Hall–Kier alpha value is -4.28. The second kappa shape index (κ2) is 10.4. The molecule has 1 atom stereocenters. The second-order valence-corrected chi connectivity index (χ2v) is 10.9. The molecule has 0 radical (unpaired) electrons. The zero-order valence-corrected chi connectivity index (χ0v) is 22.0. The molecule has 0 aliphatic carbocycles. The van der Waals surface area contributed by atoms with Gasteiger partial charge in [0.15, 0.2) is 0 Å². The molecule has 2 aromatic carbocycles. The molecule has 0 aromatic heterocycles. The quantitative estimate of drug-likeness (QED) is 0.557. The SMILES string of the molecule is O=C1CCC(N2C(=O)c3ccc(N4CCC(CN5CCN(Cc6ccc(F)cc6)C5=O)CC4)cc3C2=O)C(=O)N1. The van der Waals surface area contributed by atoms with Crippen molar-refractivity contribution >= 4 is 35.3 Å². The molecular weight excluding hydrogens is 517 g/mol. The van der Waals surface area contributed by atoms with Gasteiger partial charge in [-0.1, -0.05) is 12.1 Å². The van der Waals surface area contributed by atoms with E-state index in [0.717, 1.165) is 42.1 Å². The highest BCUT2D eigenvalue weighted by Crippen LogP contribution is 2.32. The van der Waals surface area contributed by atoms with Crippen LogP contribution in [0, 0.1) is 11.7 Å². The second-order valence-electron chi connectivity index (χ2n) is 10.9. The summed E-state index contributed by atoms with van der Waals surface area (Å²) < 4.78 is 13.2. The normalized spacial score (nSPS) is 21.9. The van der Waals surface area contributed by atoms with Gasteiger partial charge in [0, 0.05) is 51.4 Å². The Balaban J connectivity index is 1.04. The molecule has 208 valence electrons.